The highest BCUT2D eigenvalue weighted by Crippen LogP contribution is 2.65. The summed E-state index contributed by atoms with van der Waals surface area (Å²) in [4.78, 5) is 25.3. The summed E-state index contributed by atoms with van der Waals surface area (Å²) in [5.41, 5.74) is -4.11. The lowest BCUT2D eigenvalue weighted by Crippen LogP contribution is -2.47. The van der Waals surface area contributed by atoms with Gasteiger partial charge in [-0.2, -0.15) is 0 Å². The van der Waals surface area contributed by atoms with E-state index in [1.54, 1.807) is 0 Å². The van der Waals surface area contributed by atoms with Crippen LogP contribution in [-0.2, 0) is 4.74 Å². The van der Waals surface area contributed by atoms with Crippen molar-refractivity contribution < 1.29 is 19.3 Å². The number of alkyl halides is 1. The Bertz CT molecular complexity index is 745. The number of hydrogen-bond acceptors (Lipinski definition) is 5. The Hall–Kier alpha value is -1.51. The number of ether oxygens (including phenoxy) is 1. The standard InChI is InChI=1S/C13H15FN2O5/c1-5-4-16(11(18)15-8(5)17)9-7(14)13(20)3-6-2-12(6,19)10(13)21-9/h4,6-7,9-10,19-20H,2-3H2,1H3,(H,15,17,18)/t6-,7-,9-,10+,12+,13-/m0/s1. The first-order valence-electron chi connectivity index (χ1n) is 6.84. The van der Waals surface area contributed by atoms with Gasteiger partial charge in [0.25, 0.3) is 5.56 Å². The molecule has 0 unspecified atom stereocenters. The zero-order chi connectivity index (χ0) is 15.2. The molecule has 2 heterocycles. The number of fused-ring (bicyclic) bond motifs is 3. The molecule has 8 heteroatoms. The number of aliphatic hydroxyl groups is 2. The van der Waals surface area contributed by atoms with Crippen molar-refractivity contribution in [2.75, 3.05) is 0 Å². The zero-order valence-electron chi connectivity index (χ0n) is 11.2. The number of aromatic nitrogens is 2. The smallest absolute Gasteiger partial charge is 0.330 e. The summed E-state index contributed by atoms with van der Waals surface area (Å²) in [6.45, 7) is 1.48. The number of hydrogen-bond donors (Lipinski definition) is 3. The van der Waals surface area contributed by atoms with Crippen LogP contribution in [0.4, 0.5) is 4.39 Å². The number of nitrogens with zero attached hydrogens (tertiary/aromatic N) is 1. The Morgan fingerprint density at radius 3 is 2.71 bits per heavy atom. The van der Waals surface area contributed by atoms with Crippen molar-refractivity contribution >= 4 is 0 Å². The van der Waals surface area contributed by atoms with Crippen molar-refractivity contribution in [1.82, 2.24) is 9.55 Å². The maximum atomic E-state index is 14.7. The number of halogens is 1. The minimum atomic E-state index is -1.85. The summed E-state index contributed by atoms with van der Waals surface area (Å²) in [7, 11) is 0. The van der Waals surface area contributed by atoms with E-state index in [4.69, 9.17) is 4.74 Å². The van der Waals surface area contributed by atoms with E-state index < -0.39 is 41.0 Å². The second kappa shape index (κ2) is 3.63. The van der Waals surface area contributed by atoms with Crippen LogP contribution in [0.5, 0.6) is 0 Å². The molecule has 2 aliphatic carbocycles. The van der Waals surface area contributed by atoms with Crippen LogP contribution >= 0.6 is 0 Å². The van der Waals surface area contributed by atoms with Crippen LogP contribution in [-0.4, -0.2) is 43.2 Å². The zero-order valence-corrected chi connectivity index (χ0v) is 11.2. The van der Waals surface area contributed by atoms with E-state index in [1.165, 1.54) is 13.1 Å². The molecule has 3 N–H and O–H groups in total. The van der Waals surface area contributed by atoms with E-state index >= 15 is 0 Å². The summed E-state index contributed by atoms with van der Waals surface area (Å²) in [5, 5.41) is 20.7. The lowest BCUT2D eigenvalue weighted by atomic mass is 9.91. The first-order chi connectivity index (χ1) is 9.77. The van der Waals surface area contributed by atoms with Crippen LogP contribution in [0.1, 0.15) is 24.6 Å². The highest BCUT2D eigenvalue weighted by atomic mass is 19.1. The molecule has 21 heavy (non-hydrogen) atoms. The maximum Gasteiger partial charge on any atom is 0.330 e. The van der Waals surface area contributed by atoms with Crippen molar-refractivity contribution in [2.24, 2.45) is 5.92 Å². The third kappa shape index (κ3) is 1.47. The van der Waals surface area contributed by atoms with Gasteiger partial charge >= 0.3 is 5.69 Å². The van der Waals surface area contributed by atoms with Gasteiger partial charge in [-0.25, -0.2) is 9.18 Å². The third-order valence-corrected chi connectivity index (χ3v) is 5.03. The third-order valence-electron chi connectivity index (χ3n) is 5.03. The highest BCUT2D eigenvalue weighted by Gasteiger charge is 2.78. The molecule has 1 saturated heterocycles. The molecule has 3 fully saturated rings. The molecule has 1 aromatic heterocycles. The Labute approximate surface area is 118 Å². The molecular formula is C13H15FN2O5. The van der Waals surface area contributed by atoms with Crippen LogP contribution in [0.25, 0.3) is 0 Å². The summed E-state index contributed by atoms with van der Waals surface area (Å²) in [6, 6.07) is 0. The SMILES string of the molecule is Cc1cn([C@H]2O[C@@H]3[C@@]4(O)C[C@H]4C[C@]3(O)[C@H]2F)c(=O)[nH]c1=O. The Kier molecular flexibility index (Phi) is 2.28. The molecule has 1 aliphatic heterocycles. The fraction of sp³-hybridized carbons (Fsp3) is 0.692. The van der Waals surface area contributed by atoms with Gasteiger partial charge in [-0.15, -0.1) is 0 Å². The van der Waals surface area contributed by atoms with E-state index in [1.807, 2.05) is 0 Å². The van der Waals surface area contributed by atoms with Gasteiger partial charge in [-0.05, 0) is 25.7 Å². The monoisotopic (exact) mass is 298 g/mol. The van der Waals surface area contributed by atoms with Crippen molar-refractivity contribution in [3.63, 3.8) is 0 Å². The van der Waals surface area contributed by atoms with Crippen molar-refractivity contribution in [3.05, 3.63) is 32.6 Å². The average Bonchev–Trinajstić information content (AvgIpc) is 2.88. The van der Waals surface area contributed by atoms with Crippen LogP contribution in [0.2, 0.25) is 0 Å². The maximum absolute atomic E-state index is 14.7. The molecule has 4 rings (SSSR count). The molecule has 0 radical (unpaired) electrons. The lowest BCUT2D eigenvalue weighted by molar-refractivity contribution is -0.108. The van der Waals surface area contributed by atoms with Gasteiger partial charge in [0, 0.05) is 11.8 Å². The number of nitrogens with one attached hydrogen (secondary N) is 1. The Balaban J connectivity index is 1.77. The quantitative estimate of drug-likeness (QED) is 0.615. The topological polar surface area (TPSA) is 105 Å². The van der Waals surface area contributed by atoms with E-state index in [9.17, 15) is 24.2 Å². The normalized spacial score (nSPS) is 47.2. The number of aryl methyl sites for hydroxylation is 1. The number of H-pyrrole nitrogens is 1. The van der Waals surface area contributed by atoms with Gasteiger partial charge < -0.3 is 14.9 Å². The molecule has 2 saturated carbocycles. The van der Waals surface area contributed by atoms with Gasteiger partial charge in [0.1, 0.15) is 11.7 Å². The number of aromatic amines is 1. The minimum absolute atomic E-state index is 0.114. The fourth-order valence-corrected chi connectivity index (χ4v) is 3.77. The van der Waals surface area contributed by atoms with Crippen LogP contribution in [0.3, 0.4) is 0 Å². The van der Waals surface area contributed by atoms with Crippen molar-refractivity contribution in [3.8, 4) is 0 Å². The van der Waals surface area contributed by atoms with E-state index in [0.717, 1.165) is 4.57 Å². The predicted molar refractivity (Wildman–Crippen MR) is 67.5 cm³/mol. The first kappa shape index (κ1) is 13.2. The molecule has 6 atom stereocenters. The predicted octanol–water partition coefficient (Wildman–Crippen LogP) is -1.03. The van der Waals surface area contributed by atoms with Crippen LogP contribution in [0.15, 0.2) is 15.8 Å². The molecule has 0 spiro atoms. The average molecular weight is 298 g/mol. The van der Waals surface area contributed by atoms with Gasteiger partial charge in [0.2, 0.25) is 0 Å². The Morgan fingerprint density at radius 2 is 2.05 bits per heavy atom. The molecule has 0 bridgehead atoms. The summed E-state index contributed by atoms with van der Waals surface area (Å²) >= 11 is 0. The van der Waals surface area contributed by atoms with Gasteiger partial charge in [0.15, 0.2) is 12.4 Å². The van der Waals surface area contributed by atoms with Crippen molar-refractivity contribution in [1.29, 1.82) is 0 Å². The van der Waals surface area contributed by atoms with Crippen LogP contribution < -0.4 is 11.2 Å². The van der Waals surface area contributed by atoms with E-state index in [-0.39, 0.29) is 17.9 Å². The molecule has 1 aromatic rings. The molecule has 114 valence electrons. The minimum Gasteiger partial charge on any atom is -0.387 e. The first-order valence-corrected chi connectivity index (χ1v) is 6.84. The molecule has 3 aliphatic rings. The second-order valence-corrected chi connectivity index (χ2v) is 6.37. The van der Waals surface area contributed by atoms with Gasteiger partial charge in [0.05, 0.1) is 5.60 Å². The second-order valence-electron chi connectivity index (χ2n) is 6.37. The molecular weight excluding hydrogens is 283 g/mol. The summed E-state index contributed by atoms with van der Waals surface area (Å²) < 4.78 is 21.1. The fourth-order valence-electron chi connectivity index (χ4n) is 3.77. The summed E-state index contributed by atoms with van der Waals surface area (Å²) in [5.74, 6) is -0.152. The highest BCUT2D eigenvalue weighted by molar-refractivity contribution is 5.27. The molecule has 0 aromatic carbocycles. The van der Waals surface area contributed by atoms with E-state index in [0.29, 0.717) is 6.42 Å². The lowest BCUT2D eigenvalue weighted by Gasteiger charge is -2.26. The Morgan fingerprint density at radius 1 is 1.38 bits per heavy atom. The summed E-state index contributed by atoms with van der Waals surface area (Å²) in [6.07, 6.45) is -2.45. The van der Waals surface area contributed by atoms with Crippen molar-refractivity contribution in [2.45, 2.75) is 49.5 Å². The van der Waals surface area contributed by atoms with E-state index in [2.05, 4.69) is 4.98 Å². The van der Waals surface area contributed by atoms with Crippen LogP contribution in [0, 0.1) is 12.8 Å². The molecule has 0 amide bonds. The van der Waals surface area contributed by atoms with Gasteiger partial charge in [-0.1, -0.05) is 0 Å². The number of rotatable bonds is 1. The largest absolute Gasteiger partial charge is 0.387 e. The van der Waals surface area contributed by atoms with Gasteiger partial charge in [-0.3, -0.25) is 14.3 Å². The molecule has 7 nitrogen and oxygen atoms in total.